The van der Waals surface area contributed by atoms with Crippen molar-refractivity contribution in [3.05, 3.63) is 71.8 Å². The van der Waals surface area contributed by atoms with E-state index < -0.39 is 0 Å². The largest absolute Gasteiger partial charge is 0.338 e. The summed E-state index contributed by atoms with van der Waals surface area (Å²) in [4.78, 5) is 16.9. The summed E-state index contributed by atoms with van der Waals surface area (Å²) in [6.45, 7) is 5.45. The molecule has 0 unspecified atom stereocenters. The summed E-state index contributed by atoms with van der Waals surface area (Å²) >= 11 is 0. The lowest BCUT2D eigenvalue weighted by Gasteiger charge is -2.40. The number of nitrogens with one attached hydrogen (secondary N) is 2. The highest BCUT2D eigenvalue weighted by molar-refractivity contribution is 5.73. The van der Waals surface area contributed by atoms with E-state index in [1.165, 1.54) is 5.56 Å². The van der Waals surface area contributed by atoms with Crippen molar-refractivity contribution in [3.8, 4) is 0 Å². The lowest BCUT2D eigenvalue weighted by molar-refractivity contribution is 0.0889. The molecular formula is C22H30N4O. The Morgan fingerprint density at radius 3 is 2.44 bits per heavy atom. The fourth-order valence-corrected chi connectivity index (χ4v) is 3.54. The molecule has 1 heterocycles. The molecule has 5 nitrogen and oxygen atoms in total. The highest BCUT2D eigenvalue weighted by atomic mass is 16.2. The summed E-state index contributed by atoms with van der Waals surface area (Å²) in [5, 5.41) is 5.88. The van der Waals surface area contributed by atoms with E-state index in [0.717, 1.165) is 38.2 Å². The first-order valence-electron chi connectivity index (χ1n) is 9.75. The predicted molar refractivity (Wildman–Crippen MR) is 110 cm³/mol. The van der Waals surface area contributed by atoms with Gasteiger partial charge in [-0.25, -0.2) is 4.79 Å². The lowest BCUT2D eigenvalue weighted by atomic mass is 10.0. The number of benzene rings is 2. The van der Waals surface area contributed by atoms with Crippen LogP contribution in [0.3, 0.4) is 0 Å². The van der Waals surface area contributed by atoms with Gasteiger partial charge in [-0.3, -0.25) is 4.90 Å². The zero-order valence-electron chi connectivity index (χ0n) is 16.1. The molecule has 3 rings (SSSR count). The van der Waals surface area contributed by atoms with Gasteiger partial charge in [-0.05, 0) is 24.6 Å². The molecule has 2 aromatic carbocycles. The highest BCUT2D eigenvalue weighted by Crippen LogP contribution is 2.24. The van der Waals surface area contributed by atoms with Crippen LogP contribution in [0.5, 0.6) is 0 Å². The van der Waals surface area contributed by atoms with Gasteiger partial charge in [0.1, 0.15) is 0 Å². The number of rotatable bonds is 7. The summed E-state index contributed by atoms with van der Waals surface area (Å²) in [7, 11) is 2.19. The quantitative estimate of drug-likeness (QED) is 0.741. The van der Waals surface area contributed by atoms with Crippen molar-refractivity contribution in [1.82, 2.24) is 20.4 Å². The Balaban J connectivity index is 1.40. The van der Waals surface area contributed by atoms with Crippen LogP contribution in [0.4, 0.5) is 4.79 Å². The normalized spacial score (nSPS) is 18.2. The van der Waals surface area contributed by atoms with E-state index in [2.05, 4.69) is 57.8 Å². The van der Waals surface area contributed by atoms with Crippen molar-refractivity contribution in [2.45, 2.75) is 19.0 Å². The number of amides is 2. The summed E-state index contributed by atoms with van der Waals surface area (Å²) in [6, 6.07) is 21.0. The Kier molecular flexibility index (Phi) is 7.25. The highest BCUT2D eigenvalue weighted by Gasteiger charge is 2.25. The van der Waals surface area contributed by atoms with E-state index in [1.54, 1.807) is 0 Å². The van der Waals surface area contributed by atoms with Gasteiger partial charge < -0.3 is 15.5 Å². The summed E-state index contributed by atoms with van der Waals surface area (Å²) < 4.78 is 0. The Bertz CT molecular complexity index is 692. The topological polar surface area (TPSA) is 47.6 Å². The van der Waals surface area contributed by atoms with Gasteiger partial charge in [0, 0.05) is 45.3 Å². The SMILES string of the molecule is CN1CCN(CCCNC(=O)NCc2ccccc2)[C@H](c2ccccc2)C1. The van der Waals surface area contributed by atoms with Gasteiger partial charge in [-0.1, -0.05) is 60.7 Å². The number of hydrogen-bond donors (Lipinski definition) is 2. The molecule has 2 aromatic rings. The molecule has 0 spiro atoms. The van der Waals surface area contributed by atoms with E-state index in [0.29, 0.717) is 19.1 Å². The zero-order chi connectivity index (χ0) is 18.9. The predicted octanol–water partition coefficient (Wildman–Crippen LogP) is 2.86. The van der Waals surface area contributed by atoms with Gasteiger partial charge in [0.05, 0.1) is 0 Å². The van der Waals surface area contributed by atoms with E-state index in [9.17, 15) is 4.79 Å². The van der Waals surface area contributed by atoms with Gasteiger partial charge >= 0.3 is 6.03 Å². The minimum absolute atomic E-state index is 0.100. The number of nitrogens with zero attached hydrogens (tertiary/aromatic N) is 2. The molecule has 0 bridgehead atoms. The first kappa shape index (κ1) is 19.4. The summed E-state index contributed by atoms with van der Waals surface area (Å²) in [5.41, 5.74) is 2.48. The van der Waals surface area contributed by atoms with Crippen LogP contribution in [0.25, 0.3) is 0 Å². The second-order valence-corrected chi connectivity index (χ2v) is 7.17. The molecule has 1 fully saturated rings. The molecule has 2 N–H and O–H groups in total. The third-order valence-corrected chi connectivity index (χ3v) is 5.08. The maximum Gasteiger partial charge on any atom is 0.315 e. The van der Waals surface area contributed by atoms with Gasteiger partial charge in [0.2, 0.25) is 0 Å². The minimum atomic E-state index is -0.100. The van der Waals surface area contributed by atoms with Crippen LogP contribution >= 0.6 is 0 Å². The lowest BCUT2D eigenvalue weighted by Crippen LogP contribution is -2.47. The average Bonchev–Trinajstić information content (AvgIpc) is 2.72. The van der Waals surface area contributed by atoms with E-state index in [1.807, 2.05) is 30.3 Å². The van der Waals surface area contributed by atoms with E-state index in [-0.39, 0.29) is 6.03 Å². The number of carbonyl (C=O) groups is 1. The van der Waals surface area contributed by atoms with Gasteiger partial charge in [-0.15, -0.1) is 0 Å². The maximum atomic E-state index is 12.0. The van der Waals surface area contributed by atoms with Crippen molar-refractivity contribution in [2.24, 2.45) is 0 Å². The smallest absolute Gasteiger partial charge is 0.315 e. The molecular weight excluding hydrogens is 336 g/mol. The van der Waals surface area contributed by atoms with Crippen LogP contribution in [0.2, 0.25) is 0 Å². The standard InChI is InChI=1S/C22H30N4O/c1-25-15-16-26(21(18-25)20-11-6-3-7-12-20)14-8-13-23-22(27)24-17-19-9-4-2-5-10-19/h2-7,9-12,21H,8,13-18H2,1H3,(H2,23,24,27)/t21-/m0/s1. The molecule has 1 atom stereocenters. The third-order valence-electron chi connectivity index (χ3n) is 5.08. The first-order valence-corrected chi connectivity index (χ1v) is 9.75. The molecule has 2 amide bonds. The fourth-order valence-electron chi connectivity index (χ4n) is 3.54. The van der Waals surface area contributed by atoms with Crippen molar-refractivity contribution in [1.29, 1.82) is 0 Å². The number of urea groups is 1. The van der Waals surface area contributed by atoms with Gasteiger partial charge in [0.15, 0.2) is 0 Å². The van der Waals surface area contributed by atoms with Gasteiger partial charge in [0.25, 0.3) is 0 Å². The van der Waals surface area contributed by atoms with Crippen LogP contribution in [-0.4, -0.2) is 55.6 Å². The number of carbonyl (C=O) groups excluding carboxylic acids is 1. The minimum Gasteiger partial charge on any atom is -0.338 e. The number of piperazine rings is 1. The fraction of sp³-hybridized carbons (Fsp3) is 0.409. The molecule has 1 saturated heterocycles. The van der Waals surface area contributed by atoms with Crippen LogP contribution in [0.15, 0.2) is 60.7 Å². The molecule has 0 aliphatic carbocycles. The van der Waals surface area contributed by atoms with E-state index in [4.69, 9.17) is 0 Å². The molecule has 5 heteroatoms. The van der Waals surface area contributed by atoms with Crippen molar-refractivity contribution >= 4 is 6.03 Å². The Morgan fingerprint density at radius 1 is 1.00 bits per heavy atom. The molecule has 0 radical (unpaired) electrons. The second kappa shape index (κ2) is 10.1. The van der Waals surface area contributed by atoms with Crippen molar-refractivity contribution < 1.29 is 4.79 Å². The molecule has 1 aliphatic heterocycles. The van der Waals surface area contributed by atoms with Crippen LogP contribution < -0.4 is 10.6 Å². The Labute approximate surface area is 162 Å². The molecule has 1 aliphatic rings. The second-order valence-electron chi connectivity index (χ2n) is 7.17. The molecule has 0 saturated carbocycles. The third kappa shape index (κ3) is 6.08. The number of hydrogen-bond acceptors (Lipinski definition) is 3. The maximum absolute atomic E-state index is 12.0. The summed E-state index contributed by atoms with van der Waals surface area (Å²) in [6.07, 6.45) is 0.950. The number of likely N-dealkylation sites (N-methyl/N-ethyl adjacent to an activating group) is 1. The van der Waals surface area contributed by atoms with Crippen molar-refractivity contribution in [2.75, 3.05) is 39.8 Å². The first-order chi connectivity index (χ1) is 13.2. The van der Waals surface area contributed by atoms with Crippen LogP contribution in [0.1, 0.15) is 23.6 Å². The molecule has 0 aromatic heterocycles. The average molecular weight is 367 g/mol. The van der Waals surface area contributed by atoms with E-state index >= 15 is 0 Å². The summed E-state index contributed by atoms with van der Waals surface area (Å²) in [5.74, 6) is 0. The van der Waals surface area contributed by atoms with Gasteiger partial charge in [-0.2, -0.15) is 0 Å². The van der Waals surface area contributed by atoms with Crippen LogP contribution in [0, 0.1) is 0 Å². The monoisotopic (exact) mass is 366 g/mol. The Hall–Kier alpha value is -2.37. The zero-order valence-corrected chi connectivity index (χ0v) is 16.1. The molecule has 144 valence electrons. The Morgan fingerprint density at radius 2 is 1.70 bits per heavy atom. The molecule has 27 heavy (non-hydrogen) atoms. The van der Waals surface area contributed by atoms with Crippen LogP contribution in [-0.2, 0) is 6.54 Å². The van der Waals surface area contributed by atoms with Crippen molar-refractivity contribution in [3.63, 3.8) is 0 Å².